The van der Waals surface area contributed by atoms with E-state index in [0.29, 0.717) is 34.6 Å². The second-order valence-corrected chi connectivity index (χ2v) is 9.62. The number of carbonyl (C=O) groups excluding carboxylic acids is 3. The Balaban J connectivity index is 1.28. The molecule has 4 aliphatic rings. The summed E-state index contributed by atoms with van der Waals surface area (Å²) in [7, 11) is 0. The van der Waals surface area contributed by atoms with E-state index in [4.69, 9.17) is 4.74 Å². The van der Waals surface area contributed by atoms with Crippen LogP contribution in [0, 0.1) is 31.6 Å². The predicted molar refractivity (Wildman–Crippen MR) is 109 cm³/mol. The highest BCUT2D eigenvalue weighted by Crippen LogP contribution is 2.55. The van der Waals surface area contributed by atoms with Crippen LogP contribution in [0.25, 0.3) is 0 Å². The van der Waals surface area contributed by atoms with Gasteiger partial charge in [-0.1, -0.05) is 0 Å². The maximum absolute atomic E-state index is 12.4. The number of rotatable bonds is 5. The Bertz CT molecular complexity index is 837. The van der Waals surface area contributed by atoms with Gasteiger partial charge in [0, 0.05) is 16.8 Å². The van der Waals surface area contributed by atoms with Crippen molar-refractivity contribution in [3.05, 3.63) is 22.5 Å². The zero-order valence-electron chi connectivity index (χ0n) is 17.8. The first kappa shape index (κ1) is 20.9. The number of carbonyl (C=O) groups is 3. The van der Waals surface area contributed by atoms with E-state index >= 15 is 0 Å². The van der Waals surface area contributed by atoms with Crippen molar-refractivity contribution in [2.75, 3.05) is 6.61 Å². The van der Waals surface area contributed by atoms with Gasteiger partial charge in [0.05, 0.1) is 6.10 Å². The number of aliphatic hydroxyl groups excluding tert-OH is 1. The summed E-state index contributed by atoms with van der Waals surface area (Å²) in [4.78, 5) is 39.8. The molecule has 4 saturated carbocycles. The van der Waals surface area contributed by atoms with E-state index in [1.165, 1.54) is 19.3 Å². The van der Waals surface area contributed by atoms with Crippen LogP contribution in [0.4, 0.5) is 4.79 Å². The van der Waals surface area contributed by atoms with E-state index in [1.54, 1.807) is 20.8 Å². The third-order valence-electron chi connectivity index (χ3n) is 7.12. The average molecular weight is 418 g/mol. The Hall–Kier alpha value is -2.35. The van der Waals surface area contributed by atoms with Gasteiger partial charge in [0.1, 0.15) is 5.69 Å². The molecular formula is C22H31N3O5. The normalized spacial score (nSPS) is 30.1. The van der Waals surface area contributed by atoms with Crippen molar-refractivity contribution in [2.45, 2.75) is 70.9 Å². The van der Waals surface area contributed by atoms with E-state index in [1.807, 2.05) is 0 Å². The molecule has 0 unspecified atom stereocenters. The van der Waals surface area contributed by atoms with Crippen molar-refractivity contribution in [3.63, 3.8) is 0 Å². The van der Waals surface area contributed by atoms with E-state index in [-0.39, 0.29) is 11.2 Å². The van der Waals surface area contributed by atoms with Gasteiger partial charge in [-0.2, -0.15) is 0 Å². The summed E-state index contributed by atoms with van der Waals surface area (Å²) in [5, 5.41) is 15.2. The van der Waals surface area contributed by atoms with Gasteiger partial charge in [-0.05, 0) is 82.6 Å². The maximum Gasteiger partial charge on any atom is 0.355 e. The zero-order valence-corrected chi connectivity index (χ0v) is 17.8. The van der Waals surface area contributed by atoms with Crippen LogP contribution in [-0.4, -0.2) is 40.1 Å². The first-order chi connectivity index (χ1) is 14.2. The minimum absolute atomic E-state index is 0.188. The summed E-state index contributed by atoms with van der Waals surface area (Å²) in [6.45, 7) is 4.54. The van der Waals surface area contributed by atoms with Crippen molar-refractivity contribution >= 4 is 17.9 Å². The summed E-state index contributed by atoms with van der Waals surface area (Å²) >= 11 is 0. The second kappa shape index (κ2) is 7.72. The highest BCUT2D eigenvalue weighted by molar-refractivity contribution is 5.97. The van der Waals surface area contributed by atoms with Crippen LogP contribution >= 0.6 is 0 Å². The molecule has 0 saturated heterocycles. The fourth-order valence-electron chi connectivity index (χ4n) is 6.50. The summed E-state index contributed by atoms with van der Waals surface area (Å²) in [6, 6.07) is -0.513. The molecule has 0 spiro atoms. The molecule has 30 heavy (non-hydrogen) atoms. The van der Waals surface area contributed by atoms with E-state index < -0.39 is 30.6 Å². The molecule has 0 aliphatic heterocycles. The van der Waals surface area contributed by atoms with Crippen LogP contribution in [0.5, 0.6) is 0 Å². The summed E-state index contributed by atoms with van der Waals surface area (Å²) in [5.41, 5.74) is 1.92. The molecule has 1 atom stereocenters. The van der Waals surface area contributed by atoms with Crippen molar-refractivity contribution in [1.29, 1.82) is 0 Å². The monoisotopic (exact) mass is 417 g/mol. The van der Waals surface area contributed by atoms with Gasteiger partial charge in [0.2, 0.25) is 0 Å². The van der Waals surface area contributed by atoms with Crippen LogP contribution in [0.3, 0.4) is 0 Å². The van der Waals surface area contributed by atoms with E-state index in [0.717, 1.165) is 19.3 Å². The van der Waals surface area contributed by atoms with Crippen LogP contribution in [0.15, 0.2) is 0 Å². The lowest BCUT2D eigenvalue weighted by Gasteiger charge is -2.56. The molecule has 5 rings (SSSR count). The topological polar surface area (TPSA) is 121 Å². The Kier molecular flexibility index (Phi) is 5.38. The summed E-state index contributed by atoms with van der Waals surface area (Å²) < 4.78 is 5.07. The maximum atomic E-state index is 12.4. The van der Waals surface area contributed by atoms with Gasteiger partial charge < -0.3 is 20.1 Å². The number of aliphatic hydroxyl groups is 1. The molecule has 8 heteroatoms. The van der Waals surface area contributed by atoms with Gasteiger partial charge in [-0.25, -0.2) is 9.59 Å². The lowest BCUT2D eigenvalue weighted by atomic mass is 9.53. The molecular weight excluding hydrogens is 386 g/mol. The Morgan fingerprint density at radius 3 is 2.20 bits per heavy atom. The number of amides is 3. The minimum atomic E-state index is -0.723. The number of H-pyrrole nitrogens is 1. The van der Waals surface area contributed by atoms with Crippen LogP contribution in [0.1, 0.15) is 78.9 Å². The number of ether oxygens (including phenoxy) is 1. The third-order valence-corrected chi connectivity index (χ3v) is 7.12. The standard InChI is InChI=1S/C22H31N3O5/c1-11-18(13(3)26)12(2)23-19(11)20(28)30-10-17(27)24-21(29)25-22-7-14-4-15(8-22)6-16(5-14)9-22/h13-16,23,26H,4-10H2,1-3H3,(H2,24,25,27,29)/t13-,14?,15?,16?,22?/m0/s1. The predicted octanol–water partition coefficient (Wildman–Crippen LogP) is 2.64. The quantitative estimate of drug-likeness (QED) is 0.549. The molecule has 4 bridgehead atoms. The first-order valence-electron chi connectivity index (χ1n) is 10.8. The number of aromatic amines is 1. The number of hydrogen-bond acceptors (Lipinski definition) is 5. The van der Waals surface area contributed by atoms with Gasteiger partial charge >= 0.3 is 12.0 Å². The van der Waals surface area contributed by atoms with Gasteiger partial charge in [-0.15, -0.1) is 0 Å². The molecule has 1 heterocycles. The average Bonchev–Trinajstić information content (AvgIpc) is 2.92. The zero-order chi connectivity index (χ0) is 21.6. The number of esters is 1. The third kappa shape index (κ3) is 3.97. The first-order valence-corrected chi connectivity index (χ1v) is 10.8. The Labute approximate surface area is 176 Å². The summed E-state index contributed by atoms with van der Waals surface area (Å²) in [5.74, 6) is 0.702. The van der Waals surface area contributed by atoms with E-state index in [9.17, 15) is 19.5 Å². The molecule has 3 amide bonds. The number of urea groups is 1. The lowest BCUT2D eigenvalue weighted by Crippen LogP contribution is -2.62. The van der Waals surface area contributed by atoms with Crippen LogP contribution < -0.4 is 10.6 Å². The van der Waals surface area contributed by atoms with Gasteiger partial charge in [-0.3, -0.25) is 10.1 Å². The number of aryl methyl sites for hydroxylation is 1. The van der Waals surface area contributed by atoms with Crippen molar-refractivity contribution in [2.24, 2.45) is 17.8 Å². The largest absolute Gasteiger partial charge is 0.451 e. The highest BCUT2D eigenvalue weighted by Gasteiger charge is 2.51. The van der Waals surface area contributed by atoms with Gasteiger partial charge in [0.15, 0.2) is 6.61 Å². The van der Waals surface area contributed by atoms with Crippen molar-refractivity contribution in [1.82, 2.24) is 15.6 Å². The van der Waals surface area contributed by atoms with Crippen LogP contribution in [-0.2, 0) is 9.53 Å². The molecule has 4 aliphatic carbocycles. The SMILES string of the molecule is Cc1[nH]c(C(=O)OCC(=O)NC(=O)NC23CC4CC(CC(C4)C2)C3)c(C)c1[C@H](C)O. The second-order valence-electron chi connectivity index (χ2n) is 9.62. The Morgan fingerprint density at radius 1 is 1.13 bits per heavy atom. The van der Waals surface area contributed by atoms with Crippen molar-refractivity contribution < 1.29 is 24.2 Å². The fourth-order valence-corrected chi connectivity index (χ4v) is 6.50. The molecule has 0 radical (unpaired) electrons. The number of imide groups is 1. The smallest absolute Gasteiger partial charge is 0.355 e. The minimum Gasteiger partial charge on any atom is -0.451 e. The van der Waals surface area contributed by atoms with Gasteiger partial charge in [0.25, 0.3) is 5.91 Å². The molecule has 164 valence electrons. The Morgan fingerprint density at radius 2 is 1.70 bits per heavy atom. The lowest BCUT2D eigenvalue weighted by molar-refractivity contribution is -0.123. The molecule has 4 N–H and O–H groups in total. The number of aromatic nitrogens is 1. The highest BCUT2D eigenvalue weighted by atomic mass is 16.5. The van der Waals surface area contributed by atoms with Crippen molar-refractivity contribution in [3.8, 4) is 0 Å². The number of nitrogens with one attached hydrogen (secondary N) is 3. The van der Waals surface area contributed by atoms with Crippen LogP contribution in [0.2, 0.25) is 0 Å². The molecule has 1 aromatic heterocycles. The summed E-state index contributed by atoms with van der Waals surface area (Å²) in [6.07, 6.45) is 6.06. The molecule has 8 nitrogen and oxygen atoms in total. The molecule has 0 aromatic carbocycles. The molecule has 1 aromatic rings. The number of hydrogen-bond donors (Lipinski definition) is 4. The molecule has 4 fully saturated rings. The van der Waals surface area contributed by atoms with E-state index in [2.05, 4.69) is 15.6 Å². The fraction of sp³-hybridized carbons (Fsp3) is 0.682.